The zero-order chi connectivity index (χ0) is 13.5. The number of aliphatic hydroxyl groups excluding tert-OH is 1. The fourth-order valence-electron chi connectivity index (χ4n) is 1.68. The van der Waals surface area contributed by atoms with Crippen molar-refractivity contribution < 1.29 is 9.90 Å². The Hall–Kier alpha value is -1.75. The van der Waals surface area contributed by atoms with Crippen molar-refractivity contribution in [2.45, 2.75) is 33.8 Å². The van der Waals surface area contributed by atoms with Crippen LogP contribution in [0.5, 0.6) is 0 Å². The van der Waals surface area contributed by atoms with Crippen molar-refractivity contribution in [1.29, 1.82) is 0 Å². The third kappa shape index (κ3) is 2.13. The molecule has 0 radical (unpaired) electrons. The highest BCUT2D eigenvalue weighted by molar-refractivity contribution is 6.08. The molecule has 96 valence electrons. The van der Waals surface area contributed by atoms with Crippen LogP contribution in [0.25, 0.3) is 11.2 Å². The molecule has 5 heteroatoms. The van der Waals surface area contributed by atoms with Crippen molar-refractivity contribution in [3.05, 3.63) is 23.7 Å². The zero-order valence-electron chi connectivity index (χ0n) is 11.0. The molecule has 5 nitrogen and oxygen atoms in total. The third-order valence-corrected chi connectivity index (χ3v) is 2.75. The summed E-state index contributed by atoms with van der Waals surface area (Å²) in [7, 11) is 0. The summed E-state index contributed by atoms with van der Waals surface area (Å²) in [6.45, 7) is 7.20. The predicted octanol–water partition coefficient (Wildman–Crippen LogP) is 2.24. The van der Waals surface area contributed by atoms with E-state index in [4.69, 9.17) is 0 Å². The van der Waals surface area contributed by atoms with Gasteiger partial charge in [-0.25, -0.2) is 9.97 Å². The van der Waals surface area contributed by atoms with Gasteiger partial charge in [-0.1, -0.05) is 20.8 Å². The first-order chi connectivity index (χ1) is 8.30. The number of aliphatic hydroxyl groups is 1. The van der Waals surface area contributed by atoms with Crippen LogP contribution in [0.15, 0.2) is 12.4 Å². The van der Waals surface area contributed by atoms with Gasteiger partial charge in [-0.05, 0) is 6.92 Å². The summed E-state index contributed by atoms with van der Waals surface area (Å²) < 4.78 is 0. The molecule has 0 aliphatic carbocycles. The van der Waals surface area contributed by atoms with Crippen LogP contribution < -0.4 is 0 Å². The molecule has 2 heterocycles. The minimum atomic E-state index is -0.700. The van der Waals surface area contributed by atoms with Crippen LogP contribution in [-0.4, -0.2) is 25.8 Å². The number of carbonyl (C=O) groups excluding carboxylic acids is 1. The monoisotopic (exact) mass is 247 g/mol. The lowest BCUT2D eigenvalue weighted by Crippen LogP contribution is -2.20. The molecule has 2 aromatic rings. The first-order valence-corrected chi connectivity index (χ1v) is 5.87. The summed E-state index contributed by atoms with van der Waals surface area (Å²) >= 11 is 0. The van der Waals surface area contributed by atoms with Crippen LogP contribution in [0.3, 0.4) is 0 Å². The predicted molar refractivity (Wildman–Crippen MR) is 68.3 cm³/mol. The summed E-state index contributed by atoms with van der Waals surface area (Å²) in [5.41, 5.74) is 1.59. The molecule has 0 amide bonds. The molecule has 2 aromatic heterocycles. The second kappa shape index (κ2) is 4.17. The molecule has 1 atom stereocenters. The van der Waals surface area contributed by atoms with Gasteiger partial charge < -0.3 is 10.1 Å². The molecule has 18 heavy (non-hydrogen) atoms. The van der Waals surface area contributed by atoms with Gasteiger partial charge >= 0.3 is 0 Å². The highest BCUT2D eigenvalue weighted by Crippen LogP contribution is 2.25. The number of rotatable bonds is 2. The number of fused-ring (bicyclic) bond motifs is 1. The minimum absolute atomic E-state index is 0.00536. The molecule has 2 N–H and O–H groups in total. The van der Waals surface area contributed by atoms with Crippen LogP contribution in [0.4, 0.5) is 0 Å². The lowest BCUT2D eigenvalue weighted by molar-refractivity contribution is 0.0860. The Labute approximate surface area is 105 Å². The number of aromatic nitrogens is 3. The van der Waals surface area contributed by atoms with Crippen LogP contribution in [0, 0.1) is 5.41 Å². The Balaban J connectivity index is 2.59. The number of ketones is 1. The van der Waals surface area contributed by atoms with E-state index >= 15 is 0 Å². The number of hydrogen-bond acceptors (Lipinski definition) is 4. The lowest BCUT2D eigenvalue weighted by Gasteiger charge is -2.15. The van der Waals surface area contributed by atoms with Gasteiger partial charge in [0.05, 0.1) is 23.6 Å². The van der Waals surface area contributed by atoms with Crippen molar-refractivity contribution in [2.24, 2.45) is 5.41 Å². The number of Topliss-reactive ketones (excluding diaryl/α,β-unsaturated/α-hetero) is 1. The number of nitrogens with one attached hydrogen (secondary N) is 1. The van der Waals surface area contributed by atoms with E-state index in [1.54, 1.807) is 13.1 Å². The molecule has 0 spiro atoms. The fraction of sp³-hybridized carbons (Fsp3) is 0.462. The van der Waals surface area contributed by atoms with Gasteiger partial charge in [-0.2, -0.15) is 0 Å². The summed E-state index contributed by atoms with van der Waals surface area (Å²) in [4.78, 5) is 23.7. The van der Waals surface area contributed by atoms with Crippen molar-refractivity contribution in [1.82, 2.24) is 15.0 Å². The summed E-state index contributed by atoms with van der Waals surface area (Å²) in [5, 5.41) is 9.51. The Morgan fingerprint density at radius 2 is 2.11 bits per heavy atom. The van der Waals surface area contributed by atoms with Crippen molar-refractivity contribution in [3.63, 3.8) is 0 Å². The molecule has 1 unspecified atom stereocenters. The Morgan fingerprint density at radius 1 is 1.44 bits per heavy atom. The van der Waals surface area contributed by atoms with Crippen LogP contribution in [0.2, 0.25) is 0 Å². The second-order valence-corrected chi connectivity index (χ2v) is 5.45. The topological polar surface area (TPSA) is 78.9 Å². The maximum Gasteiger partial charge on any atom is 0.171 e. The molecular weight excluding hydrogens is 230 g/mol. The molecule has 0 saturated heterocycles. The molecule has 0 saturated carbocycles. The van der Waals surface area contributed by atoms with E-state index in [1.165, 1.54) is 6.20 Å². The number of H-pyrrole nitrogens is 1. The van der Waals surface area contributed by atoms with E-state index in [2.05, 4.69) is 15.0 Å². The normalized spacial score (nSPS) is 13.8. The van der Waals surface area contributed by atoms with Gasteiger partial charge in [0.25, 0.3) is 0 Å². The van der Waals surface area contributed by atoms with Crippen LogP contribution in [-0.2, 0) is 0 Å². The smallest absolute Gasteiger partial charge is 0.171 e. The van der Waals surface area contributed by atoms with E-state index in [1.807, 2.05) is 20.8 Å². The van der Waals surface area contributed by atoms with E-state index in [0.29, 0.717) is 22.4 Å². The summed E-state index contributed by atoms with van der Waals surface area (Å²) in [6, 6.07) is 0. The van der Waals surface area contributed by atoms with Gasteiger partial charge in [0.15, 0.2) is 11.4 Å². The minimum Gasteiger partial charge on any atom is -0.387 e. The van der Waals surface area contributed by atoms with Crippen LogP contribution in [0.1, 0.15) is 49.9 Å². The molecule has 0 aromatic carbocycles. The van der Waals surface area contributed by atoms with Gasteiger partial charge in [0.2, 0.25) is 0 Å². The van der Waals surface area contributed by atoms with Gasteiger partial charge in [-0.15, -0.1) is 0 Å². The highest BCUT2D eigenvalue weighted by Gasteiger charge is 2.26. The highest BCUT2D eigenvalue weighted by atomic mass is 16.3. The lowest BCUT2D eigenvalue weighted by atomic mass is 9.87. The van der Waals surface area contributed by atoms with E-state index in [0.717, 1.165) is 0 Å². The van der Waals surface area contributed by atoms with Gasteiger partial charge in [-0.3, -0.25) is 4.79 Å². The number of hydrogen-bond donors (Lipinski definition) is 2. The van der Waals surface area contributed by atoms with Gasteiger partial charge in [0.1, 0.15) is 5.52 Å². The standard InChI is InChI=1S/C13H17N3O2/c1-7(17)9-6-15-12-10(16-9)8(5-14-12)11(18)13(2,3)4/h5-7,17H,1-4H3,(H,14,15). The Morgan fingerprint density at radius 3 is 2.67 bits per heavy atom. The average Bonchev–Trinajstić information content (AvgIpc) is 2.68. The SMILES string of the molecule is CC(O)c1cnc2[nH]cc(C(=O)C(C)(C)C)c2n1. The molecule has 2 rings (SSSR count). The molecule has 0 aliphatic heterocycles. The van der Waals surface area contributed by atoms with E-state index in [-0.39, 0.29) is 5.78 Å². The van der Waals surface area contributed by atoms with Crippen molar-refractivity contribution >= 4 is 16.9 Å². The first-order valence-electron chi connectivity index (χ1n) is 5.87. The van der Waals surface area contributed by atoms with E-state index in [9.17, 15) is 9.90 Å². The quantitative estimate of drug-likeness (QED) is 0.798. The first kappa shape index (κ1) is 12.7. The summed E-state index contributed by atoms with van der Waals surface area (Å²) in [6.07, 6.45) is 2.44. The molecule has 0 aliphatic rings. The zero-order valence-corrected chi connectivity index (χ0v) is 11.0. The van der Waals surface area contributed by atoms with Crippen molar-refractivity contribution in [2.75, 3.05) is 0 Å². The van der Waals surface area contributed by atoms with E-state index < -0.39 is 11.5 Å². The number of nitrogens with zero attached hydrogens (tertiary/aromatic N) is 2. The summed E-state index contributed by atoms with van der Waals surface area (Å²) in [5.74, 6) is 0.00536. The molecular formula is C13H17N3O2. The molecule has 0 bridgehead atoms. The van der Waals surface area contributed by atoms with Gasteiger partial charge in [0, 0.05) is 11.6 Å². The number of aromatic amines is 1. The average molecular weight is 247 g/mol. The largest absolute Gasteiger partial charge is 0.387 e. The second-order valence-electron chi connectivity index (χ2n) is 5.45. The number of carbonyl (C=O) groups is 1. The maximum absolute atomic E-state index is 12.3. The van der Waals surface area contributed by atoms with Crippen LogP contribution >= 0.6 is 0 Å². The third-order valence-electron chi connectivity index (χ3n) is 2.75. The maximum atomic E-state index is 12.3. The Bertz CT molecular complexity index is 594. The fourth-order valence-corrected chi connectivity index (χ4v) is 1.68. The van der Waals surface area contributed by atoms with Crippen molar-refractivity contribution in [3.8, 4) is 0 Å². The molecule has 0 fully saturated rings. The Kier molecular flexibility index (Phi) is 2.94.